The van der Waals surface area contributed by atoms with Crippen molar-refractivity contribution in [1.29, 1.82) is 0 Å². The first kappa shape index (κ1) is 20.4. The Morgan fingerprint density at radius 2 is 1.93 bits per heavy atom. The van der Waals surface area contributed by atoms with Crippen LogP contribution in [0.15, 0.2) is 58.8 Å². The number of aromatic hydroxyl groups is 1. The van der Waals surface area contributed by atoms with Crippen LogP contribution in [0.4, 0.5) is 10.1 Å². The van der Waals surface area contributed by atoms with E-state index in [0.717, 1.165) is 18.7 Å². The summed E-state index contributed by atoms with van der Waals surface area (Å²) in [5, 5.41) is 22.7. The molecule has 1 saturated heterocycles. The molecule has 0 spiro atoms. The molecule has 4 rings (SSSR count). The number of ether oxygens (including phenoxy) is 1. The highest BCUT2D eigenvalue weighted by Gasteiger charge is 2.20. The fourth-order valence-corrected chi connectivity index (χ4v) is 3.50. The highest BCUT2D eigenvalue weighted by atomic mass is 32.1. The number of benzene rings is 2. The zero-order valence-electron chi connectivity index (χ0n) is 16.3. The van der Waals surface area contributed by atoms with Gasteiger partial charge in [0.15, 0.2) is 5.69 Å². The van der Waals surface area contributed by atoms with Crippen molar-refractivity contribution in [3.63, 3.8) is 0 Å². The molecule has 3 aromatic rings. The molecule has 1 aliphatic heterocycles. The standard InChI is InChI=1S/C21H22FN5O2S/c22-16-6-7-18-17(12-16)19(20(28)27(18)14-26-8-10-29-11-9-26)24-25-21(30)23-13-15-4-2-1-3-5-15/h1-7,12,28H,8-11,13-14H2,(H,23,30). The SMILES string of the molecule is Oc1c(N=NC(=S)NCc2ccccc2)c2cc(F)ccc2n1CN1CCOCC1. The van der Waals surface area contributed by atoms with E-state index in [1.807, 2.05) is 30.3 Å². The summed E-state index contributed by atoms with van der Waals surface area (Å²) in [5.74, 6) is -0.482. The molecule has 2 heterocycles. The number of fused-ring (bicyclic) bond motifs is 1. The Morgan fingerprint density at radius 1 is 1.17 bits per heavy atom. The lowest BCUT2D eigenvalue weighted by Gasteiger charge is -2.27. The van der Waals surface area contributed by atoms with Crippen LogP contribution in [0.3, 0.4) is 0 Å². The van der Waals surface area contributed by atoms with Crippen LogP contribution in [0, 0.1) is 5.82 Å². The molecule has 7 nitrogen and oxygen atoms in total. The summed E-state index contributed by atoms with van der Waals surface area (Å²) in [5.41, 5.74) is 1.93. The molecule has 0 aliphatic carbocycles. The number of rotatable bonds is 5. The number of thiocarbonyl (C=S) groups is 1. The van der Waals surface area contributed by atoms with E-state index in [9.17, 15) is 9.50 Å². The van der Waals surface area contributed by atoms with Crippen molar-refractivity contribution < 1.29 is 14.2 Å². The van der Waals surface area contributed by atoms with Gasteiger partial charge in [0.05, 0.1) is 25.4 Å². The Morgan fingerprint density at radius 3 is 2.70 bits per heavy atom. The Bertz CT molecular complexity index is 1060. The molecule has 156 valence electrons. The maximum atomic E-state index is 13.9. The van der Waals surface area contributed by atoms with E-state index in [2.05, 4.69) is 20.4 Å². The summed E-state index contributed by atoms with van der Waals surface area (Å²) in [6.45, 7) is 3.75. The van der Waals surface area contributed by atoms with Crippen molar-refractivity contribution in [2.45, 2.75) is 13.2 Å². The molecule has 1 aliphatic rings. The molecule has 2 N–H and O–H groups in total. The van der Waals surface area contributed by atoms with Gasteiger partial charge in [-0.05, 0) is 36.0 Å². The van der Waals surface area contributed by atoms with Gasteiger partial charge < -0.3 is 15.2 Å². The third-order valence-corrected chi connectivity index (χ3v) is 5.17. The van der Waals surface area contributed by atoms with Crippen molar-refractivity contribution in [2.24, 2.45) is 10.2 Å². The van der Waals surface area contributed by atoms with E-state index < -0.39 is 5.82 Å². The molecule has 0 unspecified atom stereocenters. The molecule has 0 amide bonds. The lowest BCUT2D eigenvalue weighted by atomic mass is 10.2. The Kier molecular flexibility index (Phi) is 6.32. The fraction of sp³-hybridized carbons (Fsp3) is 0.286. The highest BCUT2D eigenvalue weighted by Crippen LogP contribution is 2.39. The van der Waals surface area contributed by atoms with Crippen LogP contribution in [-0.4, -0.2) is 46.0 Å². The zero-order valence-corrected chi connectivity index (χ0v) is 17.1. The Labute approximate surface area is 178 Å². The van der Waals surface area contributed by atoms with E-state index >= 15 is 0 Å². The van der Waals surface area contributed by atoms with Crippen LogP contribution in [-0.2, 0) is 18.0 Å². The van der Waals surface area contributed by atoms with Crippen molar-refractivity contribution in [3.05, 3.63) is 59.9 Å². The topological polar surface area (TPSA) is 74.4 Å². The van der Waals surface area contributed by atoms with Crippen molar-refractivity contribution in [2.75, 3.05) is 26.3 Å². The largest absolute Gasteiger partial charge is 0.493 e. The maximum absolute atomic E-state index is 13.9. The molecule has 1 fully saturated rings. The zero-order chi connectivity index (χ0) is 20.9. The molecule has 1 aromatic heterocycles. The minimum Gasteiger partial charge on any atom is -0.493 e. The minimum atomic E-state index is -0.410. The number of nitrogens with zero attached hydrogens (tertiary/aromatic N) is 4. The van der Waals surface area contributed by atoms with Crippen LogP contribution >= 0.6 is 12.2 Å². The number of morpholine rings is 1. The van der Waals surface area contributed by atoms with Gasteiger partial charge >= 0.3 is 0 Å². The van der Waals surface area contributed by atoms with Crippen LogP contribution in [0.5, 0.6) is 5.88 Å². The van der Waals surface area contributed by atoms with Gasteiger partial charge in [-0.15, -0.1) is 10.2 Å². The van der Waals surface area contributed by atoms with Crippen LogP contribution < -0.4 is 5.32 Å². The van der Waals surface area contributed by atoms with Gasteiger partial charge in [0, 0.05) is 25.0 Å². The van der Waals surface area contributed by atoms with Gasteiger partial charge in [0.25, 0.3) is 0 Å². The summed E-state index contributed by atoms with van der Waals surface area (Å²) in [6, 6.07) is 14.1. The third kappa shape index (κ3) is 4.64. The van der Waals surface area contributed by atoms with Gasteiger partial charge in [-0.2, -0.15) is 0 Å². The summed E-state index contributed by atoms with van der Waals surface area (Å²) in [4.78, 5) is 2.15. The van der Waals surface area contributed by atoms with Crippen LogP contribution in [0.25, 0.3) is 10.9 Å². The van der Waals surface area contributed by atoms with Gasteiger partial charge in [-0.1, -0.05) is 30.3 Å². The number of nitrogens with one attached hydrogen (secondary N) is 1. The Balaban J connectivity index is 1.56. The first-order chi connectivity index (χ1) is 14.6. The summed E-state index contributed by atoms with van der Waals surface area (Å²) in [7, 11) is 0. The second kappa shape index (κ2) is 9.29. The van der Waals surface area contributed by atoms with Crippen LogP contribution in [0.1, 0.15) is 5.56 Å². The second-order valence-corrected chi connectivity index (χ2v) is 7.36. The van der Waals surface area contributed by atoms with Crippen molar-refractivity contribution in [1.82, 2.24) is 14.8 Å². The molecule has 0 bridgehead atoms. The van der Waals surface area contributed by atoms with Gasteiger partial charge in [0.1, 0.15) is 5.82 Å². The van der Waals surface area contributed by atoms with Gasteiger partial charge in [0.2, 0.25) is 11.0 Å². The predicted octanol–water partition coefficient (Wildman–Crippen LogP) is 3.93. The molecule has 0 radical (unpaired) electrons. The van der Waals surface area contributed by atoms with E-state index in [1.165, 1.54) is 12.1 Å². The quantitative estimate of drug-likeness (QED) is 0.477. The first-order valence-electron chi connectivity index (χ1n) is 9.66. The molecule has 0 atom stereocenters. The lowest BCUT2D eigenvalue weighted by molar-refractivity contribution is 0.0231. The molecular formula is C21H22FN5O2S. The summed E-state index contributed by atoms with van der Waals surface area (Å²) < 4.78 is 21.0. The molecule has 2 aromatic carbocycles. The number of azo groups is 1. The summed E-state index contributed by atoms with van der Waals surface area (Å²) in [6.07, 6.45) is 0. The van der Waals surface area contributed by atoms with Crippen molar-refractivity contribution in [3.8, 4) is 5.88 Å². The molecule has 30 heavy (non-hydrogen) atoms. The fourth-order valence-electron chi connectivity index (χ4n) is 3.38. The minimum absolute atomic E-state index is 0.0725. The second-order valence-electron chi connectivity index (χ2n) is 6.98. The average Bonchev–Trinajstić information content (AvgIpc) is 3.02. The molecule has 9 heteroatoms. The van der Waals surface area contributed by atoms with E-state index in [4.69, 9.17) is 17.0 Å². The van der Waals surface area contributed by atoms with Crippen LogP contribution in [0.2, 0.25) is 0 Å². The number of aromatic nitrogens is 1. The maximum Gasteiger partial charge on any atom is 0.221 e. The predicted molar refractivity (Wildman–Crippen MR) is 116 cm³/mol. The van der Waals surface area contributed by atoms with Crippen molar-refractivity contribution >= 4 is 33.9 Å². The number of hydrogen-bond donors (Lipinski definition) is 2. The number of halogens is 1. The smallest absolute Gasteiger partial charge is 0.221 e. The molecule has 0 saturated carbocycles. The van der Waals surface area contributed by atoms with E-state index in [1.54, 1.807) is 10.6 Å². The monoisotopic (exact) mass is 427 g/mol. The van der Waals surface area contributed by atoms with Gasteiger partial charge in [-0.3, -0.25) is 9.47 Å². The first-order valence-corrected chi connectivity index (χ1v) is 10.1. The van der Waals surface area contributed by atoms with Gasteiger partial charge in [-0.25, -0.2) is 4.39 Å². The lowest BCUT2D eigenvalue weighted by Crippen LogP contribution is -2.37. The normalized spacial score (nSPS) is 15.1. The molecular weight excluding hydrogens is 405 g/mol. The average molecular weight is 428 g/mol. The third-order valence-electron chi connectivity index (χ3n) is 4.94. The number of hydrogen-bond acceptors (Lipinski definition) is 5. The Hall–Kier alpha value is -2.88. The summed E-state index contributed by atoms with van der Waals surface area (Å²) >= 11 is 5.23. The van der Waals surface area contributed by atoms with E-state index in [-0.39, 0.29) is 16.7 Å². The van der Waals surface area contributed by atoms with E-state index in [0.29, 0.717) is 37.3 Å². The highest BCUT2D eigenvalue weighted by molar-refractivity contribution is 7.80.